The van der Waals surface area contributed by atoms with E-state index in [1.165, 1.54) is 5.56 Å². The Bertz CT molecular complexity index is 878. The molecule has 0 atom stereocenters. The van der Waals surface area contributed by atoms with E-state index >= 15 is 0 Å². The lowest BCUT2D eigenvalue weighted by molar-refractivity contribution is 0.0744. The van der Waals surface area contributed by atoms with Crippen molar-refractivity contribution >= 4 is 11.9 Å². The van der Waals surface area contributed by atoms with Gasteiger partial charge in [-0.25, -0.2) is 10.6 Å². The molecule has 1 aliphatic rings. The van der Waals surface area contributed by atoms with Crippen molar-refractivity contribution in [2.45, 2.75) is 25.7 Å². The molecule has 138 valence electrons. The molecule has 0 unspecified atom stereocenters. The highest BCUT2D eigenvalue weighted by atomic mass is 16.2. The number of hydrazine groups is 1. The predicted molar refractivity (Wildman–Crippen MR) is 102 cm³/mol. The highest BCUT2D eigenvalue weighted by Gasteiger charge is 2.29. The van der Waals surface area contributed by atoms with E-state index in [4.69, 9.17) is 11.1 Å². The number of likely N-dealkylation sites (tertiary alicyclic amines) is 1. The van der Waals surface area contributed by atoms with E-state index in [-0.39, 0.29) is 0 Å². The summed E-state index contributed by atoms with van der Waals surface area (Å²) in [5.41, 5.74) is 3.02. The maximum Gasteiger partial charge on any atom is 0.341 e. The van der Waals surface area contributed by atoms with Gasteiger partial charge in [0.15, 0.2) is 0 Å². The number of imide groups is 1. The van der Waals surface area contributed by atoms with E-state index in [0.717, 1.165) is 18.4 Å². The third-order valence-corrected chi connectivity index (χ3v) is 5.08. The summed E-state index contributed by atoms with van der Waals surface area (Å²) in [6, 6.07) is 16.3. The average Bonchev–Trinajstić information content (AvgIpc) is 2.73. The van der Waals surface area contributed by atoms with Crippen LogP contribution in [-0.2, 0) is 0 Å². The number of hydrogen-bond donors (Lipinski definition) is 1. The minimum Gasteiger partial charge on any atom is -0.323 e. The van der Waals surface area contributed by atoms with Crippen LogP contribution in [0.15, 0.2) is 48.5 Å². The summed E-state index contributed by atoms with van der Waals surface area (Å²) in [4.78, 5) is 26.8. The van der Waals surface area contributed by atoms with Crippen LogP contribution < -0.4 is 5.84 Å². The Morgan fingerprint density at radius 2 is 1.74 bits per heavy atom. The number of nitrogens with two attached hydrogens (primary N) is 1. The summed E-state index contributed by atoms with van der Waals surface area (Å²) >= 11 is 0. The largest absolute Gasteiger partial charge is 0.341 e. The van der Waals surface area contributed by atoms with Crippen LogP contribution >= 0.6 is 0 Å². The number of urea groups is 1. The quantitative estimate of drug-likeness (QED) is 0.505. The Kier molecular flexibility index (Phi) is 5.53. The van der Waals surface area contributed by atoms with Crippen LogP contribution in [0, 0.1) is 18.3 Å². The number of nitriles is 1. The first-order chi connectivity index (χ1) is 13.0. The van der Waals surface area contributed by atoms with Crippen molar-refractivity contribution in [3.8, 4) is 6.07 Å². The summed E-state index contributed by atoms with van der Waals surface area (Å²) in [7, 11) is 0. The molecule has 2 N–H and O–H groups in total. The lowest BCUT2D eigenvalue weighted by Crippen LogP contribution is -2.52. The summed E-state index contributed by atoms with van der Waals surface area (Å²) in [6.07, 6.45) is 1.59. The maximum atomic E-state index is 12.6. The highest BCUT2D eigenvalue weighted by Crippen LogP contribution is 2.28. The van der Waals surface area contributed by atoms with Crippen LogP contribution in [0.3, 0.4) is 0 Å². The van der Waals surface area contributed by atoms with E-state index in [2.05, 4.69) is 6.07 Å². The van der Waals surface area contributed by atoms with Crippen LogP contribution in [0.1, 0.15) is 45.8 Å². The number of piperidine rings is 1. The van der Waals surface area contributed by atoms with Gasteiger partial charge in [-0.15, -0.1) is 0 Å². The van der Waals surface area contributed by atoms with Crippen molar-refractivity contribution in [1.29, 1.82) is 5.26 Å². The second-order valence-electron chi connectivity index (χ2n) is 6.77. The maximum absolute atomic E-state index is 12.6. The molecule has 3 amide bonds. The second kappa shape index (κ2) is 8.02. The third-order valence-electron chi connectivity index (χ3n) is 5.08. The molecule has 0 aliphatic carbocycles. The van der Waals surface area contributed by atoms with Crippen LogP contribution in [-0.4, -0.2) is 34.9 Å². The molecule has 1 aliphatic heterocycles. The lowest BCUT2D eigenvalue weighted by Gasteiger charge is -2.34. The van der Waals surface area contributed by atoms with Gasteiger partial charge in [0, 0.05) is 18.7 Å². The Labute approximate surface area is 158 Å². The van der Waals surface area contributed by atoms with Crippen molar-refractivity contribution in [2.75, 3.05) is 13.1 Å². The minimum absolute atomic E-state index is 0.333. The second-order valence-corrected chi connectivity index (χ2v) is 6.77. The number of amides is 3. The van der Waals surface area contributed by atoms with E-state index in [1.807, 2.05) is 43.3 Å². The highest BCUT2D eigenvalue weighted by molar-refractivity contribution is 6.04. The van der Waals surface area contributed by atoms with Crippen LogP contribution in [0.25, 0.3) is 0 Å². The first kappa shape index (κ1) is 18.6. The minimum atomic E-state index is -0.493. The number of benzene rings is 2. The molecule has 2 aromatic rings. The van der Waals surface area contributed by atoms with Gasteiger partial charge >= 0.3 is 6.03 Å². The number of carbonyl (C=O) groups is 2. The van der Waals surface area contributed by atoms with Crippen molar-refractivity contribution in [1.82, 2.24) is 9.91 Å². The number of nitrogens with zero attached hydrogens (tertiary/aromatic N) is 3. The summed E-state index contributed by atoms with van der Waals surface area (Å²) in [5, 5.41) is 9.61. The van der Waals surface area contributed by atoms with E-state index in [9.17, 15) is 9.59 Å². The topological polar surface area (TPSA) is 90.4 Å². The van der Waals surface area contributed by atoms with E-state index < -0.39 is 11.9 Å². The molecule has 6 heteroatoms. The first-order valence-electron chi connectivity index (χ1n) is 8.95. The Morgan fingerprint density at radius 1 is 1.11 bits per heavy atom. The Balaban J connectivity index is 1.61. The van der Waals surface area contributed by atoms with E-state index in [0.29, 0.717) is 35.1 Å². The molecular formula is C21H22N4O2. The van der Waals surface area contributed by atoms with E-state index in [1.54, 1.807) is 17.0 Å². The van der Waals surface area contributed by atoms with Crippen molar-refractivity contribution < 1.29 is 9.59 Å². The summed E-state index contributed by atoms with van der Waals surface area (Å²) < 4.78 is 0. The molecule has 0 aromatic heterocycles. The summed E-state index contributed by atoms with van der Waals surface area (Å²) in [6.45, 7) is 2.89. The van der Waals surface area contributed by atoms with Crippen LogP contribution in [0.4, 0.5) is 4.79 Å². The normalized spacial score (nSPS) is 14.5. The van der Waals surface area contributed by atoms with Gasteiger partial charge in [-0.1, -0.05) is 30.3 Å². The zero-order valence-corrected chi connectivity index (χ0v) is 15.3. The molecule has 27 heavy (non-hydrogen) atoms. The molecule has 0 saturated carbocycles. The van der Waals surface area contributed by atoms with Crippen LogP contribution in [0.2, 0.25) is 0 Å². The smallest absolute Gasteiger partial charge is 0.323 e. The average molecular weight is 362 g/mol. The molecular weight excluding hydrogens is 340 g/mol. The van der Waals surface area contributed by atoms with Gasteiger partial charge in [0.2, 0.25) is 0 Å². The Hall–Kier alpha value is -3.17. The fourth-order valence-electron chi connectivity index (χ4n) is 3.42. The molecule has 0 spiro atoms. The standard InChI is InChI=1S/C21H22N4O2/c1-15-4-2-3-5-19(15)20(26)25(23)21(27)24-12-10-18(11-13-24)17-8-6-16(14-22)7-9-17/h2-9,18H,10-13,23H2,1H3. The van der Waals surface area contributed by atoms with Crippen LogP contribution in [0.5, 0.6) is 0 Å². The van der Waals surface area contributed by atoms with Crippen molar-refractivity contribution in [3.63, 3.8) is 0 Å². The zero-order chi connectivity index (χ0) is 19.4. The zero-order valence-electron chi connectivity index (χ0n) is 15.3. The van der Waals surface area contributed by atoms with Gasteiger partial charge in [0.1, 0.15) is 0 Å². The lowest BCUT2D eigenvalue weighted by atomic mass is 9.89. The third kappa shape index (κ3) is 3.99. The number of aryl methyl sites for hydroxylation is 1. The van der Waals surface area contributed by atoms with Gasteiger partial charge in [-0.2, -0.15) is 10.3 Å². The van der Waals surface area contributed by atoms with Gasteiger partial charge in [-0.3, -0.25) is 4.79 Å². The molecule has 0 radical (unpaired) electrons. The molecule has 6 nitrogen and oxygen atoms in total. The number of hydrogen-bond acceptors (Lipinski definition) is 4. The fourth-order valence-corrected chi connectivity index (χ4v) is 3.42. The van der Waals surface area contributed by atoms with Gasteiger partial charge in [0.05, 0.1) is 11.6 Å². The molecule has 2 aromatic carbocycles. The fraction of sp³-hybridized carbons (Fsp3) is 0.286. The van der Waals surface area contributed by atoms with Gasteiger partial charge in [-0.05, 0) is 55.0 Å². The molecule has 3 rings (SSSR count). The van der Waals surface area contributed by atoms with Gasteiger partial charge < -0.3 is 4.90 Å². The van der Waals surface area contributed by atoms with Gasteiger partial charge in [0.25, 0.3) is 5.91 Å². The Morgan fingerprint density at radius 3 is 2.33 bits per heavy atom. The SMILES string of the molecule is Cc1ccccc1C(=O)N(N)C(=O)N1CCC(c2ccc(C#N)cc2)CC1. The number of carbonyl (C=O) groups excluding carboxylic acids is 2. The number of rotatable bonds is 2. The van der Waals surface area contributed by atoms with Crippen molar-refractivity contribution in [2.24, 2.45) is 5.84 Å². The predicted octanol–water partition coefficient (Wildman–Crippen LogP) is 3.18. The molecule has 0 bridgehead atoms. The van der Waals surface area contributed by atoms with Crippen molar-refractivity contribution in [3.05, 3.63) is 70.8 Å². The molecule has 1 heterocycles. The first-order valence-corrected chi connectivity index (χ1v) is 8.95. The summed E-state index contributed by atoms with van der Waals surface area (Å²) in [5.74, 6) is 5.67. The molecule has 1 fully saturated rings. The monoisotopic (exact) mass is 362 g/mol. The molecule has 1 saturated heterocycles.